The highest BCUT2D eigenvalue weighted by atomic mass is 16.4. The van der Waals surface area contributed by atoms with Crippen LogP contribution in [-0.2, 0) is 4.79 Å². The Morgan fingerprint density at radius 1 is 0.800 bits per heavy atom. The normalized spacial score (nSPS) is 14.3. The van der Waals surface area contributed by atoms with Crippen molar-refractivity contribution in [3.8, 4) is 0 Å². The molecule has 1 atom stereocenters. The molecule has 0 unspecified atom stereocenters. The van der Waals surface area contributed by atoms with E-state index in [0.29, 0.717) is 6.42 Å². The van der Waals surface area contributed by atoms with E-state index in [-0.39, 0.29) is 12.5 Å². The van der Waals surface area contributed by atoms with Crippen LogP contribution in [0, 0.1) is 0 Å². The van der Waals surface area contributed by atoms with Gasteiger partial charge in [-0.05, 0) is 38.5 Å². The maximum absolute atomic E-state index is 10.3. The van der Waals surface area contributed by atoms with Gasteiger partial charge < -0.3 is 10.2 Å². The van der Waals surface area contributed by atoms with Gasteiger partial charge in [0.15, 0.2) is 0 Å². The van der Waals surface area contributed by atoms with Crippen LogP contribution in [0.1, 0.15) is 51.9 Å². The number of allylic oxidation sites excluding steroid dienone is 11. The minimum absolute atomic E-state index is 0.199. The van der Waals surface area contributed by atoms with Crippen molar-refractivity contribution in [3.63, 3.8) is 0 Å². The summed E-state index contributed by atoms with van der Waals surface area (Å²) in [5, 5.41) is 17.8. The van der Waals surface area contributed by atoms with Gasteiger partial charge >= 0.3 is 5.97 Å². The number of aliphatic hydroxyl groups is 1. The summed E-state index contributed by atoms with van der Waals surface area (Å²) in [5.74, 6) is -0.751. The molecule has 0 rings (SSSR count). The van der Waals surface area contributed by atoms with Crippen LogP contribution >= 0.6 is 0 Å². The van der Waals surface area contributed by atoms with Crippen LogP contribution in [0.2, 0.25) is 0 Å². The van der Waals surface area contributed by atoms with Crippen molar-refractivity contribution < 1.29 is 15.0 Å². The number of carboxylic acids is 1. The molecule has 3 nitrogen and oxygen atoms in total. The second kappa shape index (κ2) is 18.2. The molecule has 0 aromatic carbocycles. The molecule has 0 aliphatic heterocycles. The summed E-state index contributed by atoms with van der Waals surface area (Å²) in [6.07, 6.45) is 29.2. The van der Waals surface area contributed by atoms with Crippen molar-refractivity contribution in [2.45, 2.75) is 58.0 Å². The van der Waals surface area contributed by atoms with E-state index in [9.17, 15) is 9.90 Å². The van der Waals surface area contributed by atoms with Gasteiger partial charge in [-0.15, -0.1) is 0 Å². The van der Waals surface area contributed by atoms with Gasteiger partial charge in [-0.3, -0.25) is 4.79 Å². The molecule has 25 heavy (non-hydrogen) atoms. The lowest BCUT2D eigenvalue weighted by molar-refractivity contribution is -0.136. The van der Waals surface area contributed by atoms with Crippen LogP contribution in [-0.4, -0.2) is 22.3 Å². The molecule has 0 aliphatic rings. The van der Waals surface area contributed by atoms with E-state index in [0.717, 1.165) is 32.1 Å². The van der Waals surface area contributed by atoms with Crippen LogP contribution in [0.25, 0.3) is 0 Å². The molecule has 3 heteroatoms. The quantitative estimate of drug-likeness (QED) is 0.322. The first kappa shape index (κ1) is 22.9. The molecule has 0 saturated heterocycles. The molecule has 0 aromatic heterocycles. The molecular weight excluding hydrogens is 312 g/mol. The first-order chi connectivity index (χ1) is 12.2. The largest absolute Gasteiger partial charge is 0.481 e. The van der Waals surface area contributed by atoms with E-state index in [2.05, 4.69) is 42.5 Å². The predicted octanol–water partition coefficient (Wildman–Crippen LogP) is 5.52. The van der Waals surface area contributed by atoms with E-state index >= 15 is 0 Å². The Balaban J connectivity index is 3.59. The first-order valence-electron chi connectivity index (χ1n) is 9.00. The van der Waals surface area contributed by atoms with Crippen molar-refractivity contribution in [3.05, 3.63) is 72.9 Å². The van der Waals surface area contributed by atoms with Crippen molar-refractivity contribution in [2.75, 3.05) is 0 Å². The summed E-state index contributed by atoms with van der Waals surface area (Å²) in [5.41, 5.74) is 0. The summed E-state index contributed by atoms with van der Waals surface area (Å²) in [6, 6.07) is 0. The van der Waals surface area contributed by atoms with Gasteiger partial charge in [-0.25, -0.2) is 0 Å². The van der Waals surface area contributed by atoms with Crippen molar-refractivity contribution in [1.82, 2.24) is 0 Å². The topological polar surface area (TPSA) is 57.5 Å². The number of carbonyl (C=O) groups is 1. The standard InChI is InChI=1S/C22H32O3/c1-2-21(23)19-17-15-13-11-9-7-5-3-4-6-8-10-12-14-16-18-20-22(24)25/h3-4,7-10,13-17,19,21,23H,2,5-6,11-12,18,20H2,1H3,(H,24,25)/b4-3-,9-7-,10-8-,15-13+,16-14-,19-17+/t21-/m0/s1. The van der Waals surface area contributed by atoms with Gasteiger partial charge in [0.05, 0.1) is 6.10 Å². The van der Waals surface area contributed by atoms with Gasteiger partial charge in [-0.2, -0.15) is 0 Å². The maximum atomic E-state index is 10.3. The molecule has 0 amide bonds. The van der Waals surface area contributed by atoms with Crippen LogP contribution < -0.4 is 0 Å². The monoisotopic (exact) mass is 344 g/mol. The molecular formula is C22H32O3. The minimum atomic E-state index is -0.751. The summed E-state index contributed by atoms with van der Waals surface area (Å²) in [6.45, 7) is 1.95. The fraction of sp³-hybridized carbons (Fsp3) is 0.409. The van der Waals surface area contributed by atoms with Crippen molar-refractivity contribution >= 4 is 5.97 Å². The highest BCUT2D eigenvalue weighted by Crippen LogP contribution is 1.97. The molecule has 0 heterocycles. The number of aliphatic hydroxyl groups excluding tert-OH is 1. The minimum Gasteiger partial charge on any atom is -0.481 e. The Bertz CT molecular complexity index is 493. The zero-order valence-electron chi connectivity index (χ0n) is 15.3. The maximum Gasteiger partial charge on any atom is 0.303 e. The van der Waals surface area contributed by atoms with Gasteiger partial charge in [0.2, 0.25) is 0 Å². The number of hydrogen-bond acceptors (Lipinski definition) is 2. The lowest BCUT2D eigenvalue weighted by Crippen LogP contribution is -1.97. The van der Waals surface area contributed by atoms with Gasteiger partial charge in [0, 0.05) is 6.42 Å². The fourth-order valence-corrected chi connectivity index (χ4v) is 1.80. The summed E-state index contributed by atoms with van der Waals surface area (Å²) in [7, 11) is 0. The SMILES string of the molecule is CC[C@H](O)/C=C/C=C/C/C=C\C/C=C\C/C=C\C/C=C\CCC(=O)O. The number of hydrogen-bond donors (Lipinski definition) is 2. The Morgan fingerprint density at radius 2 is 1.28 bits per heavy atom. The van der Waals surface area contributed by atoms with E-state index in [4.69, 9.17) is 5.11 Å². The average molecular weight is 344 g/mol. The van der Waals surface area contributed by atoms with Crippen LogP contribution in [0.4, 0.5) is 0 Å². The van der Waals surface area contributed by atoms with Gasteiger partial charge in [-0.1, -0.05) is 79.8 Å². The molecule has 0 saturated carbocycles. The summed E-state index contributed by atoms with van der Waals surface area (Å²) < 4.78 is 0. The predicted molar refractivity (Wildman–Crippen MR) is 106 cm³/mol. The zero-order valence-corrected chi connectivity index (χ0v) is 15.3. The van der Waals surface area contributed by atoms with E-state index < -0.39 is 5.97 Å². The Morgan fingerprint density at radius 3 is 1.76 bits per heavy atom. The Kier molecular flexibility index (Phi) is 16.7. The molecule has 0 spiro atoms. The lowest BCUT2D eigenvalue weighted by Gasteiger charge is -1.95. The molecule has 0 aliphatic carbocycles. The Labute approximate surface area is 152 Å². The van der Waals surface area contributed by atoms with E-state index in [1.54, 1.807) is 6.08 Å². The third-order valence-corrected chi connectivity index (χ3v) is 3.28. The number of rotatable bonds is 14. The highest BCUT2D eigenvalue weighted by molar-refractivity contribution is 5.66. The fourth-order valence-electron chi connectivity index (χ4n) is 1.80. The molecule has 0 bridgehead atoms. The van der Waals surface area contributed by atoms with Crippen molar-refractivity contribution in [1.29, 1.82) is 0 Å². The average Bonchev–Trinajstić information content (AvgIpc) is 2.60. The summed E-state index contributed by atoms with van der Waals surface area (Å²) >= 11 is 0. The molecule has 0 aromatic rings. The van der Waals surface area contributed by atoms with E-state index in [1.807, 2.05) is 31.2 Å². The third-order valence-electron chi connectivity index (χ3n) is 3.28. The molecule has 2 N–H and O–H groups in total. The second-order valence-electron chi connectivity index (χ2n) is 5.55. The number of carboxylic acid groups (broad SMARTS) is 1. The van der Waals surface area contributed by atoms with Crippen LogP contribution in [0.5, 0.6) is 0 Å². The number of aliphatic carboxylic acids is 1. The van der Waals surface area contributed by atoms with E-state index in [1.165, 1.54) is 0 Å². The molecule has 0 fully saturated rings. The van der Waals surface area contributed by atoms with Gasteiger partial charge in [0.1, 0.15) is 0 Å². The Hall–Kier alpha value is -2.13. The molecule has 0 radical (unpaired) electrons. The lowest BCUT2D eigenvalue weighted by atomic mass is 10.2. The summed E-state index contributed by atoms with van der Waals surface area (Å²) in [4.78, 5) is 10.3. The second-order valence-corrected chi connectivity index (χ2v) is 5.55. The highest BCUT2D eigenvalue weighted by Gasteiger charge is 1.90. The molecule has 138 valence electrons. The zero-order chi connectivity index (χ0) is 18.6. The van der Waals surface area contributed by atoms with Crippen LogP contribution in [0.3, 0.4) is 0 Å². The van der Waals surface area contributed by atoms with Gasteiger partial charge in [0.25, 0.3) is 0 Å². The smallest absolute Gasteiger partial charge is 0.303 e. The third kappa shape index (κ3) is 19.8. The van der Waals surface area contributed by atoms with Crippen molar-refractivity contribution in [2.24, 2.45) is 0 Å². The van der Waals surface area contributed by atoms with Crippen LogP contribution in [0.15, 0.2) is 72.9 Å². The first-order valence-corrected chi connectivity index (χ1v) is 9.00.